The molecule has 174 valence electrons. The third kappa shape index (κ3) is 4.81. The van der Waals surface area contributed by atoms with E-state index in [-0.39, 0.29) is 29.8 Å². The molecule has 3 aliphatic heterocycles. The van der Waals surface area contributed by atoms with Crippen LogP contribution >= 0.6 is 0 Å². The van der Waals surface area contributed by atoms with Crippen molar-refractivity contribution < 1.29 is 18.4 Å². The molecule has 3 heterocycles. The SMILES string of the molecule is O=C(NC1CCN(Cc2ccccc2)CC1)C1CC(F)(F)CN1C1CN(C(=O)C2CC2)C1. The second-order valence-electron chi connectivity index (χ2n) is 9.96. The van der Waals surface area contributed by atoms with E-state index in [0.717, 1.165) is 45.3 Å². The molecular formula is C24H32F2N4O2. The molecule has 6 nitrogen and oxygen atoms in total. The summed E-state index contributed by atoms with van der Waals surface area (Å²) in [7, 11) is 0. The van der Waals surface area contributed by atoms with Crippen LogP contribution in [0.25, 0.3) is 0 Å². The minimum atomic E-state index is -2.86. The molecule has 0 bridgehead atoms. The topological polar surface area (TPSA) is 55.9 Å². The van der Waals surface area contributed by atoms with Crippen molar-refractivity contribution in [3.63, 3.8) is 0 Å². The minimum absolute atomic E-state index is 0.0277. The summed E-state index contributed by atoms with van der Waals surface area (Å²) < 4.78 is 28.5. The van der Waals surface area contributed by atoms with Crippen molar-refractivity contribution in [1.82, 2.24) is 20.0 Å². The van der Waals surface area contributed by atoms with E-state index in [0.29, 0.717) is 13.1 Å². The van der Waals surface area contributed by atoms with E-state index in [1.807, 2.05) is 18.2 Å². The maximum Gasteiger partial charge on any atom is 0.262 e. The van der Waals surface area contributed by atoms with Gasteiger partial charge in [-0.15, -0.1) is 0 Å². The van der Waals surface area contributed by atoms with Crippen molar-refractivity contribution in [2.75, 3.05) is 32.7 Å². The van der Waals surface area contributed by atoms with Gasteiger partial charge in [-0.3, -0.25) is 19.4 Å². The summed E-state index contributed by atoms with van der Waals surface area (Å²) in [6.07, 6.45) is 3.11. The van der Waals surface area contributed by atoms with Gasteiger partial charge >= 0.3 is 0 Å². The summed E-state index contributed by atoms with van der Waals surface area (Å²) in [6.45, 7) is 3.19. The van der Waals surface area contributed by atoms with Crippen molar-refractivity contribution >= 4 is 11.8 Å². The fourth-order valence-corrected chi connectivity index (χ4v) is 5.28. The second-order valence-corrected chi connectivity index (χ2v) is 9.96. The minimum Gasteiger partial charge on any atom is -0.352 e. The van der Waals surface area contributed by atoms with Crippen LogP contribution in [0.15, 0.2) is 30.3 Å². The number of hydrogen-bond acceptors (Lipinski definition) is 4. The summed E-state index contributed by atoms with van der Waals surface area (Å²) in [5.74, 6) is -2.85. The molecule has 1 aromatic carbocycles. The predicted octanol–water partition coefficient (Wildman–Crippen LogP) is 2.10. The third-order valence-electron chi connectivity index (χ3n) is 7.36. The standard InChI is InChI=1S/C24H32F2N4O2/c25-24(26)12-21(30(16-24)20-14-29(15-20)23(32)18-6-7-18)22(31)27-19-8-10-28(11-9-19)13-17-4-2-1-3-5-17/h1-5,18-21H,6-16H2,(H,27,31). The van der Waals surface area contributed by atoms with Gasteiger partial charge in [-0.1, -0.05) is 30.3 Å². The largest absolute Gasteiger partial charge is 0.352 e. The molecule has 32 heavy (non-hydrogen) atoms. The van der Waals surface area contributed by atoms with Gasteiger partial charge in [0.1, 0.15) is 0 Å². The highest BCUT2D eigenvalue weighted by molar-refractivity contribution is 5.83. The lowest BCUT2D eigenvalue weighted by molar-refractivity contribution is -0.141. The van der Waals surface area contributed by atoms with Gasteiger partial charge in [0.15, 0.2) is 0 Å². The summed E-state index contributed by atoms with van der Waals surface area (Å²) in [4.78, 5) is 30.9. The lowest BCUT2D eigenvalue weighted by Crippen LogP contribution is -2.64. The number of piperidine rings is 1. The number of hydrogen-bond donors (Lipinski definition) is 1. The van der Waals surface area contributed by atoms with Gasteiger partial charge in [0, 0.05) is 57.1 Å². The van der Waals surface area contributed by atoms with E-state index in [1.54, 1.807) is 9.80 Å². The molecule has 1 N–H and O–H groups in total. The average Bonchev–Trinajstić information content (AvgIpc) is 3.53. The summed E-state index contributed by atoms with van der Waals surface area (Å²) in [6, 6.07) is 9.38. The van der Waals surface area contributed by atoms with Crippen LogP contribution in [-0.2, 0) is 16.1 Å². The average molecular weight is 447 g/mol. The number of halogens is 2. The number of benzene rings is 1. The Morgan fingerprint density at radius 1 is 1.03 bits per heavy atom. The molecule has 2 amide bonds. The zero-order valence-corrected chi connectivity index (χ0v) is 18.4. The first-order valence-corrected chi connectivity index (χ1v) is 11.9. The molecule has 1 unspecified atom stereocenters. The Morgan fingerprint density at radius 2 is 1.72 bits per heavy atom. The van der Waals surface area contributed by atoms with Gasteiger partial charge in [-0.05, 0) is 31.2 Å². The quantitative estimate of drug-likeness (QED) is 0.727. The van der Waals surface area contributed by atoms with E-state index >= 15 is 0 Å². The van der Waals surface area contributed by atoms with Crippen LogP contribution in [0.4, 0.5) is 8.78 Å². The normalized spacial score (nSPS) is 27.3. The lowest BCUT2D eigenvalue weighted by atomic mass is 10.0. The van der Waals surface area contributed by atoms with Crippen LogP contribution < -0.4 is 5.32 Å². The molecule has 0 radical (unpaired) electrons. The number of nitrogens with zero attached hydrogens (tertiary/aromatic N) is 3. The first-order valence-electron chi connectivity index (χ1n) is 11.9. The number of alkyl halides is 2. The molecule has 1 aliphatic carbocycles. The Morgan fingerprint density at radius 3 is 2.38 bits per heavy atom. The van der Waals surface area contributed by atoms with Gasteiger partial charge < -0.3 is 10.2 Å². The first kappa shape index (κ1) is 21.8. The maximum atomic E-state index is 14.2. The maximum absolute atomic E-state index is 14.2. The van der Waals surface area contributed by atoms with Crippen LogP contribution in [0, 0.1) is 5.92 Å². The summed E-state index contributed by atoms with van der Waals surface area (Å²) in [5.41, 5.74) is 1.27. The summed E-state index contributed by atoms with van der Waals surface area (Å²) in [5, 5.41) is 3.06. The number of carbonyl (C=O) groups is 2. The van der Waals surface area contributed by atoms with Gasteiger partial charge in [0.2, 0.25) is 11.8 Å². The fraction of sp³-hybridized carbons (Fsp3) is 0.667. The molecule has 1 saturated carbocycles. The number of carbonyl (C=O) groups excluding carboxylic acids is 2. The van der Waals surface area contributed by atoms with Crippen LogP contribution in [0.5, 0.6) is 0 Å². The highest BCUT2D eigenvalue weighted by Crippen LogP contribution is 2.38. The zero-order valence-electron chi connectivity index (χ0n) is 18.4. The van der Waals surface area contributed by atoms with Gasteiger partial charge in [0.05, 0.1) is 12.6 Å². The molecule has 4 fully saturated rings. The van der Waals surface area contributed by atoms with Crippen LogP contribution in [0.3, 0.4) is 0 Å². The van der Waals surface area contributed by atoms with Crippen molar-refractivity contribution in [2.45, 2.75) is 62.7 Å². The molecule has 0 aromatic heterocycles. The summed E-state index contributed by atoms with van der Waals surface area (Å²) >= 11 is 0. The van der Waals surface area contributed by atoms with E-state index < -0.39 is 24.9 Å². The van der Waals surface area contributed by atoms with Crippen LogP contribution in [-0.4, -0.2) is 83.3 Å². The Balaban J connectivity index is 1.12. The lowest BCUT2D eigenvalue weighted by Gasteiger charge is -2.45. The van der Waals surface area contributed by atoms with Crippen molar-refractivity contribution in [3.05, 3.63) is 35.9 Å². The molecular weight excluding hydrogens is 414 g/mol. The van der Waals surface area contributed by atoms with E-state index in [4.69, 9.17) is 0 Å². The fourth-order valence-electron chi connectivity index (χ4n) is 5.28. The van der Waals surface area contributed by atoms with Crippen LogP contribution in [0.1, 0.15) is 37.7 Å². The highest BCUT2D eigenvalue weighted by Gasteiger charge is 2.53. The molecule has 1 atom stereocenters. The number of amides is 2. The monoisotopic (exact) mass is 446 g/mol. The first-order chi connectivity index (χ1) is 15.4. The molecule has 4 aliphatic rings. The smallest absolute Gasteiger partial charge is 0.262 e. The van der Waals surface area contributed by atoms with E-state index in [2.05, 4.69) is 22.3 Å². The van der Waals surface area contributed by atoms with Crippen LogP contribution in [0.2, 0.25) is 0 Å². The van der Waals surface area contributed by atoms with E-state index in [1.165, 1.54) is 5.56 Å². The Labute approximate surface area is 187 Å². The van der Waals surface area contributed by atoms with Crippen molar-refractivity contribution in [2.24, 2.45) is 5.92 Å². The third-order valence-corrected chi connectivity index (χ3v) is 7.36. The van der Waals surface area contributed by atoms with Gasteiger partial charge in [-0.25, -0.2) is 8.78 Å². The Hall–Kier alpha value is -2.06. The number of nitrogens with one attached hydrogen (secondary N) is 1. The molecule has 5 rings (SSSR count). The molecule has 0 spiro atoms. The highest BCUT2D eigenvalue weighted by atomic mass is 19.3. The molecule has 1 aromatic rings. The number of rotatable bonds is 6. The number of likely N-dealkylation sites (tertiary alicyclic amines) is 3. The van der Waals surface area contributed by atoms with E-state index in [9.17, 15) is 18.4 Å². The van der Waals surface area contributed by atoms with Crippen molar-refractivity contribution in [3.8, 4) is 0 Å². The second kappa shape index (κ2) is 8.71. The molecule has 3 saturated heterocycles. The van der Waals surface area contributed by atoms with Crippen molar-refractivity contribution in [1.29, 1.82) is 0 Å². The van der Waals surface area contributed by atoms with Gasteiger partial charge in [-0.2, -0.15) is 0 Å². The predicted molar refractivity (Wildman–Crippen MR) is 116 cm³/mol. The Kier molecular flexibility index (Phi) is 5.92. The zero-order chi connectivity index (χ0) is 22.3. The van der Waals surface area contributed by atoms with Gasteiger partial charge in [0.25, 0.3) is 5.92 Å². The Bertz CT molecular complexity index is 834. The molecule has 8 heteroatoms.